The number of phenols is 3. The van der Waals surface area contributed by atoms with E-state index in [1.807, 2.05) is 31.2 Å². The molecule has 0 fully saturated rings. The second kappa shape index (κ2) is 3.77. The van der Waals surface area contributed by atoms with Crippen LogP contribution in [0.2, 0.25) is 0 Å². The van der Waals surface area contributed by atoms with E-state index >= 15 is 0 Å². The largest absolute Gasteiger partial charge is 0.504 e. The van der Waals surface area contributed by atoms with Gasteiger partial charge in [0.1, 0.15) is 0 Å². The summed E-state index contributed by atoms with van der Waals surface area (Å²) in [4.78, 5) is 0. The zero-order chi connectivity index (χ0) is 11.7. The zero-order valence-electron chi connectivity index (χ0n) is 8.81. The van der Waals surface area contributed by atoms with Crippen molar-refractivity contribution >= 4 is 0 Å². The fourth-order valence-corrected chi connectivity index (χ4v) is 1.54. The molecule has 0 radical (unpaired) electrons. The number of aryl methyl sites for hydroxylation is 1. The third kappa shape index (κ3) is 1.67. The van der Waals surface area contributed by atoms with Gasteiger partial charge in [0.25, 0.3) is 0 Å². The molecule has 0 aromatic heterocycles. The maximum Gasteiger partial charge on any atom is 0.200 e. The topological polar surface area (TPSA) is 60.7 Å². The summed E-state index contributed by atoms with van der Waals surface area (Å²) < 4.78 is 0. The van der Waals surface area contributed by atoms with Crippen molar-refractivity contribution in [3.05, 3.63) is 42.0 Å². The van der Waals surface area contributed by atoms with E-state index in [2.05, 4.69) is 0 Å². The normalized spacial score (nSPS) is 10.3. The fourth-order valence-electron chi connectivity index (χ4n) is 1.54. The molecule has 2 rings (SSSR count). The number of phenolic OH excluding ortho intramolecular Hbond substituents is 3. The van der Waals surface area contributed by atoms with Gasteiger partial charge >= 0.3 is 0 Å². The predicted octanol–water partition coefficient (Wildman–Crippen LogP) is 2.78. The van der Waals surface area contributed by atoms with Crippen molar-refractivity contribution in [2.24, 2.45) is 0 Å². The molecule has 0 heterocycles. The molecule has 0 aliphatic heterocycles. The maximum absolute atomic E-state index is 9.69. The Hall–Kier alpha value is -2.16. The molecule has 2 aromatic rings. The van der Waals surface area contributed by atoms with E-state index < -0.39 is 5.75 Å². The van der Waals surface area contributed by atoms with E-state index in [9.17, 15) is 15.3 Å². The molecule has 2 aromatic carbocycles. The van der Waals surface area contributed by atoms with Gasteiger partial charge in [-0.25, -0.2) is 0 Å². The van der Waals surface area contributed by atoms with Crippen molar-refractivity contribution < 1.29 is 15.3 Å². The summed E-state index contributed by atoms with van der Waals surface area (Å²) in [5.74, 6) is -1.12. The van der Waals surface area contributed by atoms with E-state index in [1.165, 1.54) is 6.07 Å². The number of hydrogen-bond acceptors (Lipinski definition) is 3. The van der Waals surface area contributed by atoms with Gasteiger partial charge in [0.2, 0.25) is 5.75 Å². The molecule has 0 spiro atoms. The number of hydrogen-bond donors (Lipinski definition) is 3. The molecule has 3 N–H and O–H groups in total. The van der Waals surface area contributed by atoms with Gasteiger partial charge in [0.05, 0.1) is 0 Å². The molecule has 0 aliphatic rings. The minimum atomic E-state index is -0.488. The third-order valence-electron chi connectivity index (χ3n) is 2.49. The second-order valence-electron chi connectivity index (χ2n) is 3.70. The molecule has 0 aliphatic carbocycles. The Kier molecular flexibility index (Phi) is 2.44. The molecular formula is C13H12O3. The van der Waals surface area contributed by atoms with Gasteiger partial charge < -0.3 is 15.3 Å². The number of rotatable bonds is 1. The summed E-state index contributed by atoms with van der Waals surface area (Å²) in [7, 11) is 0. The van der Waals surface area contributed by atoms with Crippen LogP contribution in [0.4, 0.5) is 0 Å². The Morgan fingerprint density at radius 1 is 0.750 bits per heavy atom. The lowest BCUT2D eigenvalue weighted by Crippen LogP contribution is -1.81. The lowest BCUT2D eigenvalue weighted by atomic mass is 10.0. The van der Waals surface area contributed by atoms with Crippen LogP contribution in [-0.2, 0) is 0 Å². The molecule has 3 heteroatoms. The van der Waals surface area contributed by atoms with Crippen molar-refractivity contribution in [1.29, 1.82) is 0 Å². The summed E-state index contributed by atoms with van der Waals surface area (Å²) in [6.45, 7) is 1.97. The van der Waals surface area contributed by atoms with Gasteiger partial charge in [-0.3, -0.25) is 0 Å². The highest BCUT2D eigenvalue weighted by Gasteiger charge is 2.11. The van der Waals surface area contributed by atoms with Crippen LogP contribution in [0.3, 0.4) is 0 Å². The second-order valence-corrected chi connectivity index (χ2v) is 3.70. The van der Waals surface area contributed by atoms with Crippen molar-refractivity contribution in [3.63, 3.8) is 0 Å². The smallest absolute Gasteiger partial charge is 0.200 e. The maximum atomic E-state index is 9.69. The minimum absolute atomic E-state index is 0.302. The van der Waals surface area contributed by atoms with Gasteiger partial charge in [-0.1, -0.05) is 29.8 Å². The fraction of sp³-hybridized carbons (Fsp3) is 0.0769. The first-order chi connectivity index (χ1) is 7.59. The van der Waals surface area contributed by atoms with Crippen molar-refractivity contribution in [2.75, 3.05) is 0 Å². The minimum Gasteiger partial charge on any atom is -0.504 e. The molecule has 0 saturated carbocycles. The van der Waals surface area contributed by atoms with Gasteiger partial charge in [0, 0.05) is 5.56 Å². The summed E-state index contributed by atoms with van der Waals surface area (Å²) in [6, 6.07) is 10.4. The standard InChI is InChI=1S/C13H12O3/c1-8-2-4-9(5-3-8)10-6-7-11(14)13(16)12(10)15/h2-7,14-16H,1H3. The molecule has 0 unspecified atom stereocenters. The summed E-state index contributed by atoms with van der Waals surface area (Å²) in [5.41, 5.74) is 2.40. The average Bonchev–Trinajstić information content (AvgIpc) is 2.28. The SMILES string of the molecule is Cc1ccc(-c2ccc(O)c(O)c2O)cc1. The summed E-state index contributed by atoms with van der Waals surface area (Å²) >= 11 is 0. The molecule has 3 nitrogen and oxygen atoms in total. The quantitative estimate of drug-likeness (QED) is 0.642. The van der Waals surface area contributed by atoms with E-state index in [-0.39, 0.29) is 11.5 Å². The Bertz CT molecular complexity index is 515. The Labute approximate surface area is 93.2 Å². The molecule has 0 amide bonds. The monoisotopic (exact) mass is 216 g/mol. The summed E-state index contributed by atoms with van der Waals surface area (Å²) in [6.07, 6.45) is 0. The molecular weight excluding hydrogens is 204 g/mol. The first kappa shape index (κ1) is 10.4. The van der Waals surface area contributed by atoms with Gasteiger partial charge in [0.15, 0.2) is 11.5 Å². The Morgan fingerprint density at radius 2 is 1.38 bits per heavy atom. The van der Waals surface area contributed by atoms with Crippen LogP contribution in [-0.4, -0.2) is 15.3 Å². The van der Waals surface area contributed by atoms with E-state index in [1.54, 1.807) is 6.07 Å². The molecule has 82 valence electrons. The van der Waals surface area contributed by atoms with Crippen LogP contribution in [0.25, 0.3) is 11.1 Å². The zero-order valence-corrected chi connectivity index (χ0v) is 8.81. The highest BCUT2D eigenvalue weighted by atomic mass is 16.3. The lowest BCUT2D eigenvalue weighted by Gasteiger charge is -2.07. The van der Waals surface area contributed by atoms with Crippen LogP contribution in [0.5, 0.6) is 17.2 Å². The molecule has 16 heavy (non-hydrogen) atoms. The Morgan fingerprint density at radius 3 is 2.00 bits per heavy atom. The van der Waals surface area contributed by atoms with Crippen LogP contribution in [0.1, 0.15) is 5.56 Å². The van der Waals surface area contributed by atoms with E-state index in [0.29, 0.717) is 5.56 Å². The molecule has 0 saturated heterocycles. The Balaban J connectivity index is 2.57. The van der Waals surface area contributed by atoms with Crippen molar-refractivity contribution in [3.8, 4) is 28.4 Å². The van der Waals surface area contributed by atoms with Crippen molar-refractivity contribution in [1.82, 2.24) is 0 Å². The van der Waals surface area contributed by atoms with Crippen LogP contribution < -0.4 is 0 Å². The molecule has 0 atom stereocenters. The van der Waals surface area contributed by atoms with Crippen LogP contribution >= 0.6 is 0 Å². The summed E-state index contributed by atoms with van der Waals surface area (Å²) in [5, 5.41) is 28.3. The third-order valence-corrected chi connectivity index (χ3v) is 2.49. The first-order valence-electron chi connectivity index (χ1n) is 4.90. The van der Waals surface area contributed by atoms with Crippen LogP contribution in [0.15, 0.2) is 36.4 Å². The van der Waals surface area contributed by atoms with Crippen molar-refractivity contribution in [2.45, 2.75) is 6.92 Å². The highest BCUT2D eigenvalue weighted by molar-refractivity contribution is 5.75. The number of benzene rings is 2. The first-order valence-corrected chi connectivity index (χ1v) is 4.90. The predicted molar refractivity (Wildman–Crippen MR) is 61.6 cm³/mol. The average molecular weight is 216 g/mol. The van der Waals surface area contributed by atoms with E-state index in [0.717, 1.165) is 11.1 Å². The number of aromatic hydroxyl groups is 3. The van der Waals surface area contributed by atoms with Gasteiger partial charge in [-0.2, -0.15) is 0 Å². The van der Waals surface area contributed by atoms with Crippen LogP contribution in [0, 0.1) is 6.92 Å². The molecule has 0 bridgehead atoms. The van der Waals surface area contributed by atoms with E-state index in [4.69, 9.17) is 0 Å². The van der Waals surface area contributed by atoms with Gasteiger partial charge in [-0.15, -0.1) is 0 Å². The highest BCUT2D eigenvalue weighted by Crippen LogP contribution is 2.41. The lowest BCUT2D eigenvalue weighted by molar-refractivity contribution is 0.369. The van der Waals surface area contributed by atoms with Gasteiger partial charge in [-0.05, 0) is 24.6 Å².